The lowest BCUT2D eigenvalue weighted by molar-refractivity contribution is 0.122. The molecule has 5 rings (SSSR count). The highest BCUT2D eigenvalue weighted by molar-refractivity contribution is 5.93. The second kappa shape index (κ2) is 6.88. The fourth-order valence-corrected chi connectivity index (χ4v) is 3.29. The number of aromatic amines is 1. The van der Waals surface area contributed by atoms with Crippen LogP contribution in [0.3, 0.4) is 0 Å². The number of hydrogen-bond acceptors (Lipinski definition) is 7. The number of anilines is 1. The SMILES string of the molecule is C1=C(Oc2ccc3[nH]nc(-c4cc(N5CCOCC5)ncn4)c3c2)CCO1. The number of ether oxygens (including phenoxy) is 3. The molecule has 8 heteroatoms. The van der Waals surface area contributed by atoms with E-state index in [0.717, 1.165) is 59.1 Å². The quantitative estimate of drug-likeness (QED) is 0.760. The Labute approximate surface area is 155 Å². The lowest BCUT2D eigenvalue weighted by Crippen LogP contribution is -2.36. The first kappa shape index (κ1) is 16.1. The molecule has 0 unspecified atom stereocenters. The second-order valence-corrected chi connectivity index (χ2v) is 6.45. The standard InChI is InChI=1S/C19H19N5O3/c1-2-16-15(9-13(1)27-14-3-6-26-11-14)19(23-22-16)17-10-18(21-12-20-17)24-4-7-25-8-5-24/h1-2,9-12H,3-8H2,(H,22,23). The van der Waals surface area contributed by atoms with Crippen molar-refractivity contribution >= 4 is 16.7 Å². The number of rotatable bonds is 4. The largest absolute Gasteiger partial charge is 0.497 e. The molecule has 0 atom stereocenters. The molecule has 0 radical (unpaired) electrons. The molecule has 2 aliphatic rings. The molecule has 4 heterocycles. The summed E-state index contributed by atoms with van der Waals surface area (Å²) >= 11 is 0. The monoisotopic (exact) mass is 365 g/mol. The Morgan fingerprint density at radius 3 is 2.85 bits per heavy atom. The number of nitrogens with zero attached hydrogens (tertiary/aromatic N) is 4. The van der Waals surface area contributed by atoms with Crippen LogP contribution in [0.4, 0.5) is 5.82 Å². The molecule has 2 aromatic heterocycles. The summed E-state index contributed by atoms with van der Waals surface area (Å²) in [6.45, 7) is 3.75. The molecule has 2 aliphatic heterocycles. The number of nitrogens with one attached hydrogen (secondary N) is 1. The second-order valence-electron chi connectivity index (χ2n) is 6.45. The zero-order valence-electron chi connectivity index (χ0n) is 14.7. The van der Waals surface area contributed by atoms with Crippen molar-refractivity contribution in [3.63, 3.8) is 0 Å². The number of morpholine rings is 1. The van der Waals surface area contributed by atoms with Crippen LogP contribution in [0.15, 0.2) is 42.6 Å². The molecule has 0 saturated carbocycles. The van der Waals surface area contributed by atoms with Crippen LogP contribution in [-0.2, 0) is 9.47 Å². The van der Waals surface area contributed by atoms with Crippen LogP contribution in [0.5, 0.6) is 5.75 Å². The third-order valence-corrected chi connectivity index (χ3v) is 4.69. The topological polar surface area (TPSA) is 85.4 Å². The van der Waals surface area contributed by atoms with E-state index in [1.165, 1.54) is 0 Å². The van der Waals surface area contributed by atoms with Crippen molar-refractivity contribution in [1.82, 2.24) is 20.2 Å². The van der Waals surface area contributed by atoms with E-state index < -0.39 is 0 Å². The van der Waals surface area contributed by atoms with Crippen LogP contribution in [-0.4, -0.2) is 53.1 Å². The Kier molecular flexibility index (Phi) is 4.10. The highest BCUT2D eigenvalue weighted by Crippen LogP contribution is 2.30. The number of H-pyrrole nitrogens is 1. The van der Waals surface area contributed by atoms with Gasteiger partial charge in [-0.1, -0.05) is 0 Å². The van der Waals surface area contributed by atoms with Crippen LogP contribution in [0.25, 0.3) is 22.3 Å². The Bertz CT molecular complexity index is 994. The van der Waals surface area contributed by atoms with Crippen molar-refractivity contribution in [2.24, 2.45) is 0 Å². The van der Waals surface area contributed by atoms with Crippen molar-refractivity contribution in [2.75, 3.05) is 37.8 Å². The van der Waals surface area contributed by atoms with E-state index in [2.05, 4.69) is 25.1 Å². The number of hydrogen-bond donors (Lipinski definition) is 1. The van der Waals surface area contributed by atoms with Gasteiger partial charge in [-0.05, 0) is 18.2 Å². The zero-order chi connectivity index (χ0) is 18.1. The highest BCUT2D eigenvalue weighted by atomic mass is 16.5. The summed E-state index contributed by atoms with van der Waals surface area (Å²) in [6.07, 6.45) is 4.03. The number of fused-ring (bicyclic) bond motifs is 1. The minimum atomic E-state index is 0.666. The van der Waals surface area contributed by atoms with Crippen molar-refractivity contribution in [2.45, 2.75) is 6.42 Å². The molecule has 27 heavy (non-hydrogen) atoms. The van der Waals surface area contributed by atoms with Gasteiger partial charge in [-0.25, -0.2) is 9.97 Å². The molecular formula is C19H19N5O3. The molecule has 1 fully saturated rings. The Hall–Kier alpha value is -3.13. The third kappa shape index (κ3) is 3.19. The summed E-state index contributed by atoms with van der Waals surface area (Å²) in [5.41, 5.74) is 2.49. The molecule has 0 aliphatic carbocycles. The van der Waals surface area contributed by atoms with Gasteiger partial charge in [-0.15, -0.1) is 0 Å². The highest BCUT2D eigenvalue weighted by Gasteiger charge is 2.17. The Morgan fingerprint density at radius 2 is 2.00 bits per heavy atom. The molecule has 3 aromatic rings. The molecule has 1 saturated heterocycles. The van der Waals surface area contributed by atoms with Crippen LogP contribution < -0.4 is 9.64 Å². The fourth-order valence-electron chi connectivity index (χ4n) is 3.29. The molecular weight excluding hydrogens is 346 g/mol. The Morgan fingerprint density at radius 1 is 1.07 bits per heavy atom. The fraction of sp³-hybridized carbons (Fsp3) is 0.316. The lowest BCUT2D eigenvalue weighted by atomic mass is 10.1. The predicted molar refractivity (Wildman–Crippen MR) is 99.4 cm³/mol. The third-order valence-electron chi connectivity index (χ3n) is 4.69. The van der Waals surface area contributed by atoms with Crippen molar-refractivity contribution in [3.05, 3.63) is 42.6 Å². The average Bonchev–Trinajstić information content (AvgIpc) is 3.38. The maximum atomic E-state index is 5.90. The van der Waals surface area contributed by atoms with E-state index in [-0.39, 0.29) is 0 Å². The van der Waals surface area contributed by atoms with Gasteiger partial charge in [0.05, 0.1) is 31.0 Å². The van der Waals surface area contributed by atoms with Crippen molar-refractivity contribution < 1.29 is 14.2 Å². The van der Waals surface area contributed by atoms with Crippen molar-refractivity contribution in [3.8, 4) is 17.1 Å². The maximum absolute atomic E-state index is 5.90. The molecule has 0 spiro atoms. The van der Waals surface area contributed by atoms with E-state index in [9.17, 15) is 0 Å². The van der Waals surface area contributed by atoms with E-state index in [4.69, 9.17) is 14.2 Å². The molecule has 8 nitrogen and oxygen atoms in total. The van der Waals surface area contributed by atoms with Gasteiger partial charge < -0.3 is 19.1 Å². The smallest absolute Gasteiger partial charge is 0.142 e. The molecule has 1 aromatic carbocycles. The van der Waals surface area contributed by atoms with Gasteiger partial charge in [0.2, 0.25) is 0 Å². The molecule has 0 bridgehead atoms. The van der Waals surface area contributed by atoms with E-state index >= 15 is 0 Å². The zero-order valence-corrected chi connectivity index (χ0v) is 14.7. The van der Waals surface area contributed by atoms with Crippen molar-refractivity contribution in [1.29, 1.82) is 0 Å². The van der Waals surface area contributed by atoms with E-state index in [0.29, 0.717) is 19.8 Å². The van der Waals surface area contributed by atoms with Crippen LogP contribution in [0.1, 0.15) is 6.42 Å². The Balaban J connectivity index is 1.48. The van der Waals surface area contributed by atoms with Gasteiger partial charge in [-0.3, -0.25) is 5.10 Å². The first-order valence-electron chi connectivity index (χ1n) is 8.98. The van der Waals surface area contributed by atoms with Gasteiger partial charge >= 0.3 is 0 Å². The number of benzene rings is 1. The van der Waals surface area contributed by atoms with Crippen LogP contribution in [0.2, 0.25) is 0 Å². The lowest BCUT2D eigenvalue weighted by Gasteiger charge is -2.27. The molecule has 1 N–H and O–H groups in total. The first-order chi connectivity index (χ1) is 13.4. The minimum absolute atomic E-state index is 0.666. The summed E-state index contributed by atoms with van der Waals surface area (Å²) in [5.74, 6) is 2.47. The predicted octanol–water partition coefficient (Wildman–Crippen LogP) is 2.50. The van der Waals surface area contributed by atoms with Crippen LogP contribution in [0, 0.1) is 0 Å². The van der Waals surface area contributed by atoms with Gasteiger partial charge in [0.25, 0.3) is 0 Å². The average molecular weight is 365 g/mol. The van der Waals surface area contributed by atoms with Gasteiger partial charge in [0.1, 0.15) is 35.6 Å². The van der Waals surface area contributed by atoms with Gasteiger partial charge in [-0.2, -0.15) is 5.10 Å². The summed E-state index contributed by atoms with van der Waals surface area (Å²) in [6, 6.07) is 7.83. The summed E-state index contributed by atoms with van der Waals surface area (Å²) < 4.78 is 16.6. The summed E-state index contributed by atoms with van der Waals surface area (Å²) in [5, 5.41) is 8.50. The summed E-state index contributed by atoms with van der Waals surface area (Å²) in [7, 11) is 0. The molecule has 138 valence electrons. The number of aromatic nitrogens is 4. The summed E-state index contributed by atoms with van der Waals surface area (Å²) in [4.78, 5) is 11.0. The van der Waals surface area contributed by atoms with E-state index in [1.54, 1.807) is 12.6 Å². The van der Waals surface area contributed by atoms with E-state index in [1.807, 2.05) is 24.3 Å². The normalized spacial score (nSPS) is 17.0. The maximum Gasteiger partial charge on any atom is 0.142 e. The van der Waals surface area contributed by atoms with Gasteiger partial charge in [0.15, 0.2) is 0 Å². The van der Waals surface area contributed by atoms with Crippen LogP contribution >= 0.6 is 0 Å². The first-order valence-corrected chi connectivity index (χ1v) is 8.98. The van der Waals surface area contributed by atoms with Gasteiger partial charge in [0, 0.05) is 31.0 Å². The molecule has 0 amide bonds. The minimum Gasteiger partial charge on any atom is -0.497 e.